The van der Waals surface area contributed by atoms with Crippen LogP contribution in [0.1, 0.15) is 35.2 Å². The van der Waals surface area contributed by atoms with Crippen molar-refractivity contribution in [3.8, 4) is 0 Å². The molecule has 1 aromatic carbocycles. The molecule has 6 nitrogen and oxygen atoms in total. The van der Waals surface area contributed by atoms with E-state index in [1.807, 2.05) is 11.8 Å². The Balaban J connectivity index is 1.27. The highest BCUT2D eigenvalue weighted by atomic mass is 32.2. The molecule has 182 valence electrons. The number of likely N-dealkylation sites (tertiary alicyclic amines) is 1. The van der Waals surface area contributed by atoms with E-state index < -0.39 is 11.7 Å². The number of ether oxygens (including phenoxy) is 1. The van der Waals surface area contributed by atoms with Gasteiger partial charge in [0.2, 0.25) is 5.91 Å². The highest BCUT2D eigenvalue weighted by Gasteiger charge is 2.41. The maximum atomic E-state index is 12.9. The maximum Gasteiger partial charge on any atom is 0.416 e. The molecular formula is C23H30F3N3O3S. The summed E-state index contributed by atoms with van der Waals surface area (Å²) >= 11 is 1.93. The van der Waals surface area contributed by atoms with Crippen LogP contribution in [0.4, 0.5) is 13.2 Å². The number of halogens is 3. The third kappa shape index (κ3) is 5.66. The van der Waals surface area contributed by atoms with Crippen molar-refractivity contribution >= 4 is 23.6 Å². The summed E-state index contributed by atoms with van der Waals surface area (Å²) in [5.41, 5.74) is -0.550. The molecule has 3 heterocycles. The minimum Gasteiger partial charge on any atom is -0.379 e. The number of carbonyl (C=O) groups excluding carboxylic acids is 2. The molecule has 3 aliphatic heterocycles. The normalized spacial score (nSPS) is 25.2. The van der Waals surface area contributed by atoms with Gasteiger partial charge in [-0.3, -0.25) is 14.5 Å². The van der Waals surface area contributed by atoms with Crippen molar-refractivity contribution in [2.75, 3.05) is 57.4 Å². The number of alkyl halides is 3. The van der Waals surface area contributed by atoms with Gasteiger partial charge in [0.15, 0.2) is 0 Å². The number of thioether (sulfide) groups is 1. The van der Waals surface area contributed by atoms with Crippen LogP contribution in [0.2, 0.25) is 0 Å². The molecule has 3 saturated heterocycles. The number of hydrogen-bond donors (Lipinski definition) is 1. The lowest BCUT2D eigenvalue weighted by molar-refractivity contribution is -0.137. The summed E-state index contributed by atoms with van der Waals surface area (Å²) in [5.74, 6) is 1.68. The van der Waals surface area contributed by atoms with Crippen molar-refractivity contribution in [2.45, 2.75) is 31.0 Å². The summed E-state index contributed by atoms with van der Waals surface area (Å²) in [6.45, 7) is 4.70. The first-order chi connectivity index (χ1) is 15.8. The molecule has 3 fully saturated rings. The minimum atomic E-state index is -4.43. The predicted molar refractivity (Wildman–Crippen MR) is 120 cm³/mol. The molecule has 0 spiro atoms. The Kier molecular flexibility index (Phi) is 7.55. The summed E-state index contributed by atoms with van der Waals surface area (Å²) in [7, 11) is 0. The van der Waals surface area contributed by atoms with Crippen molar-refractivity contribution in [3.63, 3.8) is 0 Å². The highest BCUT2D eigenvalue weighted by molar-refractivity contribution is 7.99. The van der Waals surface area contributed by atoms with Gasteiger partial charge in [0.05, 0.1) is 18.8 Å². The van der Waals surface area contributed by atoms with Crippen molar-refractivity contribution in [3.05, 3.63) is 35.4 Å². The molecule has 1 N–H and O–H groups in total. The Hall–Kier alpha value is -1.78. The van der Waals surface area contributed by atoms with E-state index in [9.17, 15) is 22.8 Å². The second kappa shape index (κ2) is 10.2. The Labute approximate surface area is 196 Å². The van der Waals surface area contributed by atoms with E-state index >= 15 is 0 Å². The van der Waals surface area contributed by atoms with E-state index in [4.69, 9.17) is 4.74 Å². The average molecular weight is 486 g/mol. The number of rotatable bonds is 5. The fourth-order valence-electron chi connectivity index (χ4n) is 4.86. The van der Waals surface area contributed by atoms with Crippen LogP contribution in [0.15, 0.2) is 24.3 Å². The van der Waals surface area contributed by atoms with E-state index in [0.717, 1.165) is 56.4 Å². The monoisotopic (exact) mass is 485 g/mol. The number of benzene rings is 1. The Morgan fingerprint density at radius 1 is 1.09 bits per heavy atom. The quantitative estimate of drug-likeness (QED) is 0.695. The van der Waals surface area contributed by atoms with Crippen LogP contribution in [0.25, 0.3) is 0 Å². The number of piperidine rings is 1. The number of carbonyl (C=O) groups is 2. The molecule has 4 rings (SSSR count). The zero-order valence-electron chi connectivity index (χ0n) is 18.5. The lowest BCUT2D eigenvalue weighted by Crippen LogP contribution is -2.59. The second-order valence-corrected chi connectivity index (χ2v) is 10.1. The van der Waals surface area contributed by atoms with Crippen LogP contribution in [-0.4, -0.2) is 84.6 Å². The smallest absolute Gasteiger partial charge is 0.379 e. The molecule has 3 aliphatic rings. The zero-order chi connectivity index (χ0) is 23.5. The lowest BCUT2D eigenvalue weighted by atomic mass is 9.93. The first kappa shape index (κ1) is 24.3. The lowest BCUT2D eigenvalue weighted by Gasteiger charge is -2.43. The highest BCUT2D eigenvalue weighted by Crippen LogP contribution is 2.34. The summed E-state index contributed by atoms with van der Waals surface area (Å²) in [6, 6.07) is 4.29. The predicted octanol–water partition coefficient (Wildman–Crippen LogP) is 2.88. The number of morpholine rings is 1. The van der Waals surface area contributed by atoms with Crippen LogP contribution >= 0.6 is 11.8 Å². The molecule has 33 heavy (non-hydrogen) atoms. The SMILES string of the molecule is O=C(NCC1(N2CCOCC2)CCSC1)C1CCN(C(=O)c2ccc(C(F)(F)F)cc2)CC1. The number of amides is 2. The van der Waals surface area contributed by atoms with Gasteiger partial charge in [0.1, 0.15) is 0 Å². The van der Waals surface area contributed by atoms with Gasteiger partial charge < -0.3 is 15.0 Å². The largest absolute Gasteiger partial charge is 0.416 e. The fourth-order valence-corrected chi connectivity index (χ4v) is 6.34. The van der Waals surface area contributed by atoms with Crippen LogP contribution in [-0.2, 0) is 15.7 Å². The molecule has 1 unspecified atom stereocenters. The molecule has 0 radical (unpaired) electrons. The summed E-state index contributed by atoms with van der Waals surface area (Å²) in [6.07, 6.45) is -2.27. The van der Waals surface area contributed by atoms with Gasteiger partial charge in [-0.15, -0.1) is 0 Å². The van der Waals surface area contributed by atoms with E-state index in [1.54, 1.807) is 4.90 Å². The summed E-state index contributed by atoms with van der Waals surface area (Å²) < 4.78 is 43.7. The molecule has 1 atom stereocenters. The number of nitrogens with one attached hydrogen (secondary N) is 1. The topological polar surface area (TPSA) is 61.9 Å². The van der Waals surface area contributed by atoms with Gasteiger partial charge in [-0.2, -0.15) is 24.9 Å². The molecule has 2 amide bonds. The van der Waals surface area contributed by atoms with Gasteiger partial charge in [-0.1, -0.05) is 0 Å². The third-order valence-corrected chi connectivity index (χ3v) is 8.20. The average Bonchev–Trinajstić information content (AvgIpc) is 3.32. The van der Waals surface area contributed by atoms with E-state index in [-0.39, 0.29) is 28.8 Å². The van der Waals surface area contributed by atoms with Crippen molar-refractivity contribution in [2.24, 2.45) is 5.92 Å². The Morgan fingerprint density at radius 2 is 1.76 bits per heavy atom. The van der Waals surface area contributed by atoms with Crippen LogP contribution in [0.5, 0.6) is 0 Å². The van der Waals surface area contributed by atoms with Gasteiger partial charge in [-0.25, -0.2) is 0 Å². The van der Waals surface area contributed by atoms with E-state index in [0.29, 0.717) is 32.5 Å². The van der Waals surface area contributed by atoms with Gasteiger partial charge >= 0.3 is 6.18 Å². The summed E-state index contributed by atoms with van der Waals surface area (Å²) in [5, 5.41) is 3.18. The number of hydrogen-bond acceptors (Lipinski definition) is 5. The zero-order valence-corrected chi connectivity index (χ0v) is 19.3. The van der Waals surface area contributed by atoms with Gasteiger partial charge in [0, 0.05) is 55.5 Å². The first-order valence-corrected chi connectivity index (χ1v) is 12.6. The third-order valence-electron chi connectivity index (χ3n) is 6.97. The maximum absolute atomic E-state index is 12.9. The van der Waals surface area contributed by atoms with Crippen molar-refractivity contribution in [1.29, 1.82) is 0 Å². The molecule has 10 heteroatoms. The van der Waals surface area contributed by atoms with Crippen molar-refractivity contribution in [1.82, 2.24) is 15.1 Å². The minimum absolute atomic E-state index is 0.0106. The number of nitrogens with zero attached hydrogens (tertiary/aromatic N) is 2. The van der Waals surface area contributed by atoms with Crippen LogP contribution in [0.3, 0.4) is 0 Å². The van der Waals surface area contributed by atoms with Crippen molar-refractivity contribution < 1.29 is 27.5 Å². The molecule has 0 aliphatic carbocycles. The van der Waals surface area contributed by atoms with Crippen LogP contribution < -0.4 is 5.32 Å². The van der Waals surface area contributed by atoms with Gasteiger partial charge in [0.25, 0.3) is 5.91 Å². The van der Waals surface area contributed by atoms with Gasteiger partial charge in [-0.05, 0) is 49.3 Å². The molecule has 0 aromatic heterocycles. The molecule has 0 bridgehead atoms. The molecule has 1 aromatic rings. The Bertz CT molecular complexity index is 830. The van der Waals surface area contributed by atoms with E-state index in [2.05, 4.69) is 10.2 Å². The van der Waals surface area contributed by atoms with E-state index in [1.165, 1.54) is 12.1 Å². The first-order valence-electron chi connectivity index (χ1n) is 11.4. The summed E-state index contributed by atoms with van der Waals surface area (Å²) in [4.78, 5) is 29.6. The fraction of sp³-hybridized carbons (Fsp3) is 0.652. The van der Waals surface area contributed by atoms with Crippen LogP contribution in [0, 0.1) is 5.92 Å². The Morgan fingerprint density at radius 3 is 2.33 bits per heavy atom. The molecular weight excluding hydrogens is 455 g/mol. The molecule has 0 saturated carbocycles. The second-order valence-electron chi connectivity index (χ2n) is 8.99. The standard InChI is InChI=1S/C23H30F3N3O3S/c24-23(25,26)19-3-1-18(2-4-19)21(31)28-8-5-17(6-9-28)20(30)27-15-22(7-14-33-16-22)29-10-12-32-13-11-29/h1-4,17H,5-16H2,(H,27,30).